The molecule has 1 amide bonds. The summed E-state index contributed by atoms with van der Waals surface area (Å²) in [6.45, 7) is 6.01. The van der Waals surface area contributed by atoms with Crippen molar-refractivity contribution in [3.8, 4) is 16.3 Å². The molecule has 2 aromatic heterocycles. The first-order valence-corrected chi connectivity index (χ1v) is 11.4. The molecule has 1 N–H and O–H groups in total. The Morgan fingerprint density at radius 1 is 1.21 bits per heavy atom. The second kappa shape index (κ2) is 9.03. The molecule has 8 nitrogen and oxygen atoms in total. The average Bonchev–Trinajstić information content (AvgIpc) is 3.24. The summed E-state index contributed by atoms with van der Waals surface area (Å²) in [4.78, 5) is 27.9. The normalized spacial score (nSPS) is 16.8. The van der Waals surface area contributed by atoms with Gasteiger partial charge in [0, 0.05) is 32.3 Å². The molecule has 0 saturated carbocycles. The second-order valence-corrected chi connectivity index (χ2v) is 9.40. The summed E-state index contributed by atoms with van der Waals surface area (Å²) in [6, 6.07) is 5.67. The van der Waals surface area contributed by atoms with Crippen molar-refractivity contribution in [2.24, 2.45) is 0 Å². The van der Waals surface area contributed by atoms with Crippen LogP contribution in [0.1, 0.15) is 41.8 Å². The first kappa shape index (κ1) is 23.1. The molecule has 0 aliphatic carbocycles. The summed E-state index contributed by atoms with van der Waals surface area (Å²) >= 11 is 1.22. The molecule has 4 rings (SSSR count). The van der Waals surface area contributed by atoms with Gasteiger partial charge < -0.3 is 19.3 Å². The number of carbonyl (C=O) groups is 1. The molecule has 10 heteroatoms. The third kappa shape index (κ3) is 4.28. The Morgan fingerprint density at radius 3 is 2.55 bits per heavy atom. The van der Waals surface area contributed by atoms with Gasteiger partial charge in [0.25, 0.3) is 5.91 Å². The van der Waals surface area contributed by atoms with E-state index in [4.69, 9.17) is 4.74 Å². The van der Waals surface area contributed by atoms with Crippen molar-refractivity contribution < 1.29 is 19.0 Å². The lowest BCUT2D eigenvalue weighted by molar-refractivity contribution is -0.00153. The minimum Gasteiger partial charge on any atom is -0.503 e. The molecule has 1 aromatic carbocycles. The summed E-state index contributed by atoms with van der Waals surface area (Å²) in [7, 11) is 1.58. The third-order valence-electron chi connectivity index (χ3n) is 5.87. The van der Waals surface area contributed by atoms with Gasteiger partial charge in [-0.1, -0.05) is 23.5 Å². The maximum absolute atomic E-state index is 13.2. The molecule has 0 radical (unpaired) electrons. The van der Waals surface area contributed by atoms with Gasteiger partial charge in [0.2, 0.25) is 5.43 Å². The number of ether oxygens (including phenoxy) is 1. The van der Waals surface area contributed by atoms with E-state index in [9.17, 15) is 19.1 Å². The van der Waals surface area contributed by atoms with Gasteiger partial charge in [0.15, 0.2) is 16.5 Å². The lowest BCUT2D eigenvalue weighted by atomic mass is 10.0. The molecule has 1 aliphatic heterocycles. The van der Waals surface area contributed by atoms with Gasteiger partial charge in [0.1, 0.15) is 10.8 Å². The Bertz CT molecular complexity index is 1240. The van der Waals surface area contributed by atoms with Gasteiger partial charge in [-0.15, -0.1) is 10.2 Å². The number of pyridine rings is 1. The fourth-order valence-corrected chi connectivity index (χ4v) is 4.97. The van der Waals surface area contributed by atoms with Crippen LogP contribution in [0.4, 0.5) is 4.39 Å². The number of halogens is 1. The summed E-state index contributed by atoms with van der Waals surface area (Å²) in [5, 5.41) is 20.0. The molecule has 0 saturated heterocycles. The van der Waals surface area contributed by atoms with Crippen LogP contribution in [0.5, 0.6) is 5.75 Å². The predicted octanol–water partition coefficient (Wildman–Crippen LogP) is 3.07. The topological polar surface area (TPSA) is 97.5 Å². The van der Waals surface area contributed by atoms with Gasteiger partial charge in [-0.25, -0.2) is 4.39 Å². The van der Waals surface area contributed by atoms with E-state index in [0.29, 0.717) is 23.0 Å². The highest BCUT2D eigenvalue weighted by Gasteiger charge is 2.39. The van der Waals surface area contributed by atoms with Crippen molar-refractivity contribution in [1.29, 1.82) is 0 Å². The number of benzene rings is 1. The molecule has 0 spiro atoms. The minimum absolute atomic E-state index is 0.0342. The molecular formula is C23H25FN4O4S. The fourth-order valence-electron chi connectivity index (χ4n) is 4.09. The van der Waals surface area contributed by atoms with E-state index in [1.165, 1.54) is 23.5 Å². The van der Waals surface area contributed by atoms with Crippen LogP contribution in [-0.2, 0) is 17.7 Å². The lowest BCUT2D eigenvalue weighted by Gasteiger charge is -2.42. The number of methoxy groups -OCH3 is 1. The first-order valence-electron chi connectivity index (χ1n) is 10.6. The van der Waals surface area contributed by atoms with Crippen LogP contribution < -0.4 is 5.43 Å². The molecule has 174 valence electrons. The SMILES string of the molecule is CO[C@H](C)[C@@H]1Cn2cc(-c3nnc(Cc4ccc(F)cc4)s3)c(=O)c(O)c2C(=O)N1C(C)C. The van der Waals surface area contributed by atoms with Gasteiger partial charge in [-0.3, -0.25) is 9.59 Å². The number of aromatic nitrogens is 3. The predicted molar refractivity (Wildman–Crippen MR) is 122 cm³/mol. The van der Waals surface area contributed by atoms with Crippen LogP contribution in [0.2, 0.25) is 0 Å². The molecular weight excluding hydrogens is 447 g/mol. The lowest BCUT2D eigenvalue weighted by Crippen LogP contribution is -2.56. The number of nitrogens with zero attached hydrogens (tertiary/aromatic N) is 4. The van der Waals surface area contributed by atoms with Crippen LogP contribution >= 0.6 is 11.3 Å². The smallest absolute Gasteiger partial charge is 0.275 e. The van der Waals surface area contributed by atoms with Crippen LogP contribution in [0.25, 0.3) is 10.6 Å². The first-order chi connectivity index (χ1) is 15.7. The second-order valence-electron chi connectivity index (χ2n) is 8.34. The van der Waals surface area contributed by atoms with E-state index in [1.54, 1.807) is 34.9 Å². The third-order valence-corrected chi connectivity index (χ3v) is 6.83. The number of hydrogen-bond donors (Lipinski definition) is 1. The average molecular weight is 473 g/mol. The zero-order valence-corrected chi connectivity index (χ0v) is 19.6. The van der Waals surface area contributed by atoms with Crippen molar-refractivity contribution in [2.75, 3.05) is 7.11 Å². The van der Waals surface area contributed by atoms with E-state index >= 15 is 0 Å². The summed E-state index contributed by atoms with van der Waals surface area (Å²) < 4.78 is 20.2. The Kier molecular flexibility index (Phi) is 6.31. The molecule has 0 bridgehead atoms. The monoisotopic (exact) mass is 472 g/mol. The Balaban J connectivity index is 1.72. The zero-order valence-electron chi connectivity index (χ0n) is 18.8. The number of aromatic hydroxyl groups is 1. The van der Waals surface area contributed by atoms with Crippen molar-refractivity contribution in [1.82, 2.24) is 19.7 Å². The Morgan fingerprint density at radius 2 is 1.91 bits per heavy atom. The van der Waals surface area contributed by atoms with Crippen molar-refractivity contribution in [2.45, 2.75) is 51.9 Å². The number of hydrogen-bond acceptors (Lipinski definition) is 7. The van der Waals surface area contributed by atoms with Crippen molar-refractivity contribution >= 4 is 17.2 Å². The molecule has 2 atom stereocenters. The van der Waals surface area contributed by atoms with E-state index in [2.05, 4.69) is 10.2 Å². The van der Waals surface area contributed by atoms with E-state index in [-0.39, 0.29) is 35.3 Å². The maximum atomic E-state index is 13.2. The van der Waals surface area contributed by atoms with Gasteiger partial charge in [-0.2, -0.15) is 0 Å². The van der Waals surface area contributed by atoms with Gasteiger partial charge >= 0.3 is 0 Å². The number of amides is 1. The largest absolute Gasteiger partial charge is 0.503 e. The van der Waals surface area contributed by atoms with Crippen LogP contribution in [0.3, 0.4) is 0 Å². The van der Waals surface area contributed by atoms with Crippen LogP contribution in [0.15, 0.2) is 35.3 Å². The quantitative estimate of drug-likeness (QED) is 0.592. The highest BCUT2D eigenvalue weighted by molar-refractivity contribution is 7.14. The van der Waals surface area contributed by atoms with Crippen LogP contribution in [-0.4, -0.2) is 56.0 Å². The van der Waals surface area contributed by atoms with Crippen LogP contribution in [0, 0.1) is 5.82 Å². The fraction of sp³-hybridized carbons (Fsp3) is 0.391. The highest BCUT2D eigenvalue weighted by atomic mass is 32.1. The zero-order chi connectivity index (χ0) is 23.9. The maximum Gasteiger partial charge on any atom is 0.275 e. The molecule has 33 heavy (non-hydrogen) atoms. The molecule has 0 fully saturated rings. The Hall–Kier alpha value is -3.11. The summed E-state index contributed by atoms with van der Waals surface area (Å²) in [5.41, 5.74) is 0.336. The number of carbonyl (C=O) groups excluding carboxylic acids is 1. The minimum atomic E-state index is -0.666. The summed E-state index contributed by atoms with van der Waals surface area (Å²) in [6.07, 6.45) is 1.74. The van der Waals surface area contributed by atoms with Crippen molar-refractivity contribution in [3.05, 3.63) is 62.8 Å². The van der Waals surface area contributed by atoms with Crippen molar-refractivity contribution in [3.63, 3.8) is 0 Å². The van der Waals surface area contributed by atoms with E-state index < -0.39 is 17.1 Å². The van der Waals surface area contributed by atoms with Gasteiger partial charge in [0.05, 0.1) is 17.7 Å². The Labute approximate surface area is 194 Å². The highest BCUT2D eigenvalue weighted by Crippen LogP contribution is 2.31. The molecule has 0 unspecified atom stereocenters. The summed E-state index contributed by atoms with van der Waals surface area (Å²) in [5.74, 6) is -1.33. The van der Waals surface area contributed by atoms with E-state index in [0.717, 1.165) is 5.56 Å². The number of fused-ring (bicyclic) bond motifs is 1. The van der Waals surface area contributed by atoms with E-state index in [1.807, 2.05) is 20.8 Å². The van der Waals surface area contributed by atoms with Gasteiger partial charge in [-0.05, 0) is 38.5 Å². The molecule has 1 aliphatic rings. The standard InChI is InChI=1S/C23H25FN4O4S/c1-12(2)28-17(13(3)32-4)11-27-10-16(20(29)21(30)19(27)23(28)31)22-26-25-18(33-22)9-14-5-7-15(24)8-6-14/h5-8,10,12-13,17,30H,9,11H2,1-4H3/t13-,17+/m1/s1. The molecule has 3 heterocycles. The molecule has 3 aromatic rings. The number of rotatable bonds is 6.